The largest absolute Gasteiger partial charge is 0.510 e. The van der Waals surface area contributed by atoms with Crippen LogP contribution in [-0.2, 0) is 16.6 Å². The van der Waals surface area contributed by atoms with Crippen molar-refractivity contribution in [2.24, 2.45) is 5.14 Å². The first-order valence-corrected chi connectivity index (χ1v) is 12.2. The average molecular weight is 487 g/mol. The van der Waals surface area contributed by atoms with Gasteiger partial charge in [-0.1, -0.05) is 12.1 Å². The molecule has 4 N–H and O–H groups in total. The average Bonchev–Trinajstić information content (AvgIpc) is 3.37. The van der Waals surface area contributed by atoms with Crippen molar-refractivity contribution in [3.8, 4) is 22.8 Å². The molecule has 0 amide bonds. The molecule has 0 radical (unpaired) electrons. The van der Waals surface area contributed by atoms with E-state index in [2.05, 4.69) is 4.98 Å². The third-order valence-corrected chi connectivity index (χ3v) is 6.99. The second-order valence-corrected chi connectivity index (χ2v) is 9.74. The Bertz CT molecular complexity index is 1350. The molecule has 3 aromatic rings. The summed E-state index contributed by atoms with van der Waals surface area (Å²) in [7, 11) is -0.634. The third-order valence-electron chi connectivity index (χ3n) is 5.20. The van der Waals surface area contributed by atoms with Gasteiger partial charge < -0.3 is 19.5 Å². The van der Waals surface area contributed by atoms with Crippen LogP contribution < -0.4 is 14.6 Å². The smallest absolute Gasteiger partial charge is 0.238 e. The molecule has 1 aromatic heterocycles. The van der Waals surface area contributed by atoms with Gasteiger partial charge >= 0.3 is 0 Å². The topological polar surface area (TPSA) is 139 Å². The first kappa shape index (κ1) is 22.8. The van der Waals surface area contributed by atoms with Crippen LogP contribution in [0.1, 0.15) is 10.6 Å². The summed E-state index contributed by atoms with van der Waals surface area (Å²) in [5, 5.41) is 26.7. The van der Waals surface area contributed by atoms with Crippen LogP contribution in [0.15, 0.2) is 58.5 Å². The maximum atomic E-state index is 11.4. The standard InChI is InChI=1S/C22H22N4O5S2/c1-30-18-8-5-14(9-19(18)31-2)16-12-32-22(25-16)20-17(27)11-26(21(20)23)10-13-3-6-15(7-4-13)33(24,28)29/h3-9,12,23,27H,10-11H2,1-2H3,(H2,24,28,29). The molecule has 0 spiro atoms. The van der Waals surface area contributed by atoms with Crippen LogP contribution >= 0.6 is 11.3 Å². The van der Waals surface area contributed by atoms with Crippen LogP contribution in [0.2, 0.25) is 0 Å². The fourth-order valence-electron chi connectivity index (χ4n) is 3.51. The molecule has 0 bridgehead atoms. The maximum Gasteiger partial charge on any atom is 0.238 e. The number of amidine groups is 1. The third kappa shape index (κ3) is 4.56. The van der Waals surface area contributed by atoms with Crippen LogP contribution in [0.5, 0.6) is 11.5 Å². The van der Waals surface area contributed by atoms with Gasteiger partial charge in [0.15, 0.2) is 11.5 Å². The highest BCUT2D eigenvalue weighted by atomic mass is 32.2. The molecule has 0 atom stereocenters. The van der Waals surface area contributed by atoms with Gasteiger partial charge in [-0.25, -0.2) is 18.5 Å². The van der Waals surface area contributed by atoms with Crippen LogP contribution in [0.3, 0.4) is 0 Å². The van der Waals surface area contributed by atoms with Crippen LogP contribution in [0.25, 0.3) is 16.8 Å². The number of nitrogens with two attached hydrogens (primary N) is 1. The summed E-state index contributed by atoms with van der Waals surface area (Å²) in [5.41, 5.74) is 2.69. The molecule has 33 heavy (non-hydrogen) atoms. The highest BCUT2D eigenvalue weighted by Gasteiger charge is 2.30. The first-order chi connectivity index (χ1) is 15.7. The van der Waals surface area contributed by atoms with Crippen LogP contribution in [-0.4, -0.2) is 50.0 Å². The lowest BCUT2D eigenvalue weighted by molar-refractivity contribution is 0.347. The summed E-state index contributed by atoms with van der Waals surface area (Å²) >= 11 is 1.34. The van der Waals surface area contributed by atoms with Gasteiger partial charge in [-0.2, -0.15) is 0 Å². The number of benzene rings is 2. The minimum Gasteiger partial charge on any atom is -0.510 e. The number of primary sulfonamides is 1. The monoisotopic (exact) mass is 486 g/mol. The summed E-state index contributed by atoms with van der Waals surface area (Å²) in [6.45, 7) is 0.488. The van der Waals surface area contributed by atoms with Gasteiger partial charge in [-0.15, -0.1) is 11.3 Å². The van der Waals surface area contributed by atoms with Gasteiger partial charge in [-0.05, 0) is 35.9 Å². The van der Waals surface area contributed by atoms with Gasteiger partial charge in [0.25, 0.3) is 0 Å². The first-order valence-electron chi connectivity index (χ1n) is 9.77. The predicted molar refractivity (Wildman–Crippen MR) is 126 cm³/mol. The number of rotatable bonds is 7. The van der Waals surface area contributed by atoms with E-state index in [1.165, 1.54) is 23.5 Å². The van der Waals surface area contributed by atoms with Gasteiger partial charge in [0.05, 0.1) is 36.9 Å². The van der Waals surface area contributed by atoms with Crippen molar-refractivity contribution < 1.29 is 23.0 Å². The zero-order valence-electron chi connectivity index (χ0n) is 17.9. The summed E-state index contributed by atoms with van der Waals surface area (Å²) < 4.78 is 33.5. The number of nitrogens with zero attached hydrogens (tertiary/aromatic N) is 2. The Kier molecular flexibility index (Phi) is 6.11. The van der Waals surface area contributed by atoms with E-state index in [1.807, 2.05) is 17.5 Å². The highest BCUT2D eigenvalue weighted by molar-refractivity contribution is 7.89. The van der Waals surface area contributed by atoms with E-state index in [-0.39, 0.29) is 23.0 Å². The number of aromatic nitrogens is 1. The zero-order valence-corrected chi connectivity index (χ0v) is 19.5. The number of hydrogen-bond donors (Lipinski definition) is 3. The number of nitrogens with one attached hydrogen (secondary N) is 1. The van der Waals surface area contributed by atoms with Crippen molar-refractivity contribution >= 4 is 32.8 Å². The molecule has 1 aliphatic rings. The van der Waals surface area contributed by atoms with Gasteiger partial charge in [0.2, 0.25) is 10.0 Å². The van der Waals surface area contributed by atoms with Crippen molar-refractivity contribution in [2.45, 2.75) is 11.4 Å². The Morgan fingerprint density at radius 2 is 1.85 bits per heavy atom. The van der Waals surface area contributed by atoms with E-state index in [4.69, 9.17) is 20.0 Å². The molecule has 0 unspecified atom stereocenters. The molecule has 4 rings (SSSR count). The van der Waals surface area contributed by atoms with E-state index in [0.717, 1.165) is 11.1 Å². The lowest BCUT2D eigenvalue weighted by atomic mass is 10.1. The quantitative estimate of drug-likeness (QED) is 0.466. The molecule has 0 fully saturated rings. The van der Waals surface area contributed by atoms with Crippen molar-refractivity contribution in [2.75, 3.05) is 20.8 Å². The zero-order chi connectivity index (χ0) is 23.8. The van der Waals surface area contributed by atoms with E-state index in [1.54, 1.807) is 37.3 Å². The Hall–Kier alpha value is -3.41. The predicted octanol–water partition coefficient (Wildman–Crippen LogP) is 3.24. The van der Waals surface area contributed by atoms with Gasteiger partial charge in [0.1, 0.15) is 16.6 Å². The number of sulfonamides is 1. The minimum atomic E-state index is -3.77. The summed E-state index contributed by atoms with van der Waals surface area (Å²) in [6, 6.07) is 11.6. The molecule has 2 aromatic carbocycles. The minimum absolute atomic E-state index is 0.0230. The number of hydrogen-bond acceptors (Lipinski definition) is 8. The molecular formula is C22H22N4O5S2. The molecule has 11 heteroatoms. The second-order valence-electron chi connectivity index (χ2n) is 7.32. The lowest BCUT2D eigenvalue weighted by Gasteiger charge is -2.18. The van der Waals surface area contributed by atoms with E-state index in [9.17, 15) is 13.5 Å². The van der Waals surface area contributed by atoms with Gasteiger partial charge in [-0.3, -0.25) is 5.41 Å². The number of aliphatic hydroxyl groups excluding tert-OH is 1. The molecule has 1 aliphatic heterocycles. The highest BCUT2D eigenvalue weighted by Crippen LogP contribution is 2.36. The Morgan fingerprint density at radius 1 is 1.15 bits per heavy atom. The molecule has 0 aliphatic carbocycles. The number of aliphatic hydroxyl groups is 1. The number of methoxy groups -OCH3 is 2. The van der Waals surface area contributed by atoms with Crippen molar-refractivity contribution in [3.63, 3.8) is 0 Å². The molecule has 172 valence electrons. The lowest BCUT2D eigenvalue weighted by Crippen LogP contribution is -2.26. The van der Waals surface area contributed by atoms with Crippen molar-refractivity contribution in [1.29, 1.82) is 5.41 Å². The summed E-state index contributed by atoms with van der Waals surface area (Å²) in [5.74, 6) is 1.41. The summed E-state index contributed by atoms with van der Waals surface area (Å²) in [6.07, 6.45) is 0. The number of ether oxygens (including phenoxy) is 2. The van der Waals surface area contributed by atoms with E-state index >= 15 is 0 Å². The maximum absolute atomic E-state index is 11.4. The van der Waals surface area contributed by atoms with Crippen molar-refractivity contribution in [1.82, 2.24) is 9.88 Å². The molecule has 0 saturated carbocycles. The van der Waals surface area contributed by atoms with Gasteiger partial charge in [0, 0.05) is 17.5 Å². The fraction of sp³-hybridized carbons (Fsp3) is 0.182. The Balaban J connectivity index is 1.53. The SMILES string of the molecule is COc1ccc(-c2csc(C3=C(O)CN(Cc4ccc(S(N)(=O)=O)cc4)C3=N)n2)cc1OC. The van der Waals surface area contributed by atoms with Crippen molar-refractivity contribution in [3.05, 3.63) is 64.2 Å². The molecule has 0 saturated heterocycles. The van der Waals surface area contributed by atoms with Crippen LogP contribution in [0.4, 0.5) is 0 Å². The fourth-order valence-corrected chi connectivity index (χ4v) is 4.93. The second kappa shape index (κ2) is 8.85. The van der Waals surface area contributed by atoms with E-state index < -0.39 is 10.0 Å². The number of thiazole rings is 1. The molecular weight excluding hydrogens is 464 g/mol. The summed E-state index contributed by atoms with van der Waals surface area (Å²) in [4.78, 5) is 6.34. The normalized spacial score (nSPS) is 14.2. The molecule has 2 heterocycles. The van der Waals surface area contributed by atoms with Crippen LogP contribution in [0, 0.1) is 5.41 Å². The Morgan fingerprint density at radius 3 is 2.48 bits per heavy atom. The molecule has 9 nitrogen and oxygen atoms in total. The Labute approximate surface area is 195 Å². The van der Waals surface area contributed by atoms with E-state index in [0.29, 0.717) is 34.3 Å².